The van der Waals surface area contributed by atoms with Crippen LogP contribution >= 0.6 is 0 Å². The summed E-state index contributed by atoms with van der Waals surface area (Å²) in [7, 11) is 0. The minimum Gasteiger partial charge on any atom is -0.458 e. The van der Waals surface area contributed by atoms with Gasteiger partial charge in [-0.3, -0.25) is 4.79 Å². The number of carbonyl (C=O) groups is 1. The van der Waals surface area contributed by atoms with Crippen molar-refractivity contribution in [3.05, 3.63) is 36.3 Å². The molecule has 0 radical (unpaired) electrons. The van der Waals surface area contributed by atoms with Crippen LogP contribution in [0.2, 0.25) is 0 Å². The topological polar surface area (TPSA) is 30.2 Å². The number of hydrogen-bond acceptors (Lipinski definition) is 2. The molecule has 2 nitrogen and oxygen atoms in total. The van der Waals surface area contributed by atoms with E-state index < -0.39 is 0 Å². The first-order valence-electron chi connectivity index (χ1n) is 3.44. The maximum Gasteiger partial charge on any atom is 0.201 e. The molecule has 0 bridgehead atoms. The van der Waals surface area contributed by atoms with Crippen LogP contribution in [0.5, 0.6) is 0 Å². The van der Waals surface area contributed by atoms with Crippen molar-refractivity contribution in [1.29, 1.82) is 0 Å². The number of furan rings is 1. The number of rotatable bonds is 3. The molecular weight excluding hydrogens is 140 g/mol. The Morgan fingerprint density at radius 3 is 2.91 bits per heavy atom. The molecule has 0 atom stereocenters. The van der Waals surface area contributed by atoms with Gasteiger partial charge < -0.3 is 4.42 Å². The summed E-state index contributed by atoms with van der Waals surface area (Å²) in [6.45, 7) is 5.28. The van der Waals surface area contributed by atoms with E-state index in [1.807, 2.05) is 6.92 Å². The maximum atomic E-state index is 11.1. The molecule has 0 amide bonds. The molecule has 0 N–H and O–H groups in total. The normalized spacial score (nSPS) is 9.55. The van der Waals surface area contributed by atoms with E-state index in [1.54, 1.807) is 18.2 Å². The molecule has 11 heavy (non-hydrogen) atoms. The third kappa shape index (κ3) is 1.80. The Balaban J connectivity index is 2.76. The van der Waals surface area contributed by atoms with Crippen molar-refractivity contribution in [2.45, 2.75) is 13.3 Å². The molecule has 0 aliphatic heterocycles. The summed E-state index contributed by atoms with van der Waals surface area (Å²) in [5.41, 5.74) is 0. The highest BCUT2D eigenvalue weighted by Crippen LogP contribution is 2.08. The number of ketones is 1. The highest BCUT2D eigenvalue weighted by atomic mass is 16.3. The third-order valence-corrected chi connectivity index (χ3v) is 1.34. The SMILES string of the molecule is C=CCC(=O)c1ccc(C)o1. The van der Waals surface area contributed by atoms with Gasteiger partial charge in [0.1, 0.15) is 5.76 Å². The molecular formula is C9H10O2. The van der Waals surface area contributed by atoms with E-state index in [-0.39, 0.29) is 5.78 Å². The standard InChI is InChI=1S/C9H10O2/c1-3-4-8(10)9-6-5-7(2)11-9/h3,5-6H,1,4H2,2H3. The second kappa shape index (κ2) is 3.19. The molecule has 1 rings (SSSR count). The second-order valence-electron chi connectivity index (χ2n) is 2.33. The molecule has 1 aromatic heterocycles. The number of Topliss-reactive ketones (excluding diaryl/α,β-unsaturated/α-hetero) is 1. The summed E-state index contributed by atoms with van der Waals surface area (Å²) in [6, 6.07) is 3.46. The Hall–Kier alpha value is -1.31. The first-order valence-corrected chi connectivity index (χ1v) is 3.44. The van der Waals surface area contributed by atoms with Gasteiger partial charge >= 0.3 is 0 Å². The molecule has 0 saturated heterocycles. The van der Waals surface area contributed by atoms with Crippen molar-refractivity contribution in [1.82, 2.24) is 0 Å². The molecule has 58 valence electrons. The predicted molar refractivity (Wildman–Crippen MR) is 42.6 cm³/mol. The van der Waals surface area contributed by atoms with Gasteiger partial charge in [-0.05, 0) is 19.1 Å². The van der Waals surface area contributed by atoms with Crippen molar-refractivity contribution < 1.29 is 9.21 Å². The fourth-order valence-electron chi connectivity index (χ4n) is 0.816. The lowest BCUT2D eigenvalue weighted by Crippen LogP contribution is -1.93. The lowest BCUT2D eigenvalue weighted by Gasteiger charge is -1.89. The lowest BCUT2D eigenvalue weighted by molar-refractivity contribution is 0.0968. The van der Waals surface area contributed by atoms with Gasteiger partial charge in [-0.2, -0.15) is 0 Å². The van der Waals surface area contributed by atoms with Gasteiger partial charge in [-0.1, -0.05) is 6.08 Å². The van der Waals surface area contributed by atoms with Gasteiger partial charge in [-0.15, -0.1) is 6.58 Å². The lowest BCUT2D eigenvalue weighted by atomic mass is 10.2. The van der Waals surface area contributed by atoms with E-state index in [1.165, 1.54) is 0 Å². The molecule has 1 heterocycles. The largest absolute Gasteiger partial charge is 0.458 e. The molecule has 0 unspecified atom stereocenters. The average Bonchev–Trinajstić information content (AvgIpc) is 2.36. The van der Waals surface area contributed by atoms with Crippen molar-refractivity contribution in [3.8, 4) is 0 Å². The highest BCUT2D eigenvalue weighted by molar-refractivity contribution is 5.94. The first kappa shape index (κ1) is 7.79. The number of aryl methyl sites for hydroxylation is 1. The van der Waals surface area contributed by atoms with Crippen LogP contribution in [-0.2, 0) is 0 Å². The third-order valence-electron chi connectivity index (χ3n) is 1.34. The second-order valence-corrected chi connectivity index (χ2v) is 2.33. The summed E-state index contributed by atoms with van der Waals surface area (Å²) in [5, 5.41) is 0. The Bertz CT molecular complexity index is 271. The minimum atomic E-state index is -0.0203. The molecule has 2 heteroatoms. The van der Waals surface area contributed by atoms with E-state index in [0.717, 1.165) is 5.76 Å². The van der Waals surface area contributed by atoms with E-state index in [0.29, 0.717) is 12.2 Å². The summed E-state index contributed by atoms with van der Waals surface area (Å²) >= 11 is 0. The smallest absolute Gasteiger partial charge is 0.201 e. The number of hydrogen-bond donors (Lipinski definition) is 0. The van der Waals surface area contributed by atoms with Gasteiger partial charge in [0.25, 0.3) is 0 Å². The zero-order valence-electron chi connectivity index (χ0n) is 6.46. The predicted octanol–water partition coefficient (Wildman–Crippen LogP) is 2.35. The van der Waals surface area contributed by atoms with Crippen molar-refractivity contribution in [3.63, 3.8) is 0 Å². The van der Waals surface area contributed by atoms with Gasteiger partial charge in [0.2, 0.25) is 5.78 Å². The highest BCUT2D eigenvalue weighted by Gasteiger charge is 2.06. The molecule has 0 fully saturated rings. The Morgan fingerprint density at radius 1 is 1.73 bits per heavy atom. The summed E-state index contributed by atoms with van der Waals surface area (Å²) < 4.78 is 5.10. The minimum absolute atomic E-state index is 0.0203. The molecule has 0 aliphatic carbocycles. The number of allylic oxidation sites excluding steroid dienone is 1. The zero-order chi connectivity index (χ0) is 8.27. The van der Waals surface area contributed by atoms with Crippen LogP contribution < -0.4 is 0 Å². The Labute approximate surface area is 65.5 Å². The Kier molecular flexibility index (Phi) is 2.26. The van der Waals surface area contributed by atoms with Gasteiger partial charge in [0, 0.05) is 6.42 Å². The van der Waals surface area contributed by atoms with Gasteiger partial charge in [-0.25, -0.2) is 0 Å². The van der Waals surface area contributed by atoms with Crippen LogP contribution in [0.25, 0.3) is 0 Å². The molecule has 1 aromatic rings. The fourth-order valence-corrected chi connectivity index (χ4v) is 0.816. The molecule has 0 saturated carbocycles. The Morgan fingerprint density at radius 2 is 2.45 bits per heavy atom. The van der Waals surface area contributed by atoms with E-state index in [4.69, 9.17) is 4.42 Å². The fraction of sp³-hybridized carbons (Fsp3) is 0.222. The summed E-state index contributed by atoms with van der Waals surface area (Å²) in [4.78, 5) is 11.1. The first-order chi connectivity index (χ1) is 5.24. The van der Waals surface area contributed by atoms with Crippen molar-refractivity contribution >= 4 is 5.78 Å². The summed E-state index contributed by atoms with van der Waals surface area (Å²) in [6.07, 6.45) is 1.91. The quantitative estimate of drug-likeness (QED) is 0.489. The van der Waals surface area contributed by atoms with Gasteiger partial charge in [0.05, 0.1) is 0 Å². The molecule has 0 spiro atoms. The van der Waals surface area contributed by atoms with Crippen LogP contribution in [0.3, 0.4) is 0 Å². The average molecular weight is 150 g/mol. The molecule has 0 aromatic carbocycles. The number of carbonyl (C=O) groups excluding carboxylic acids is 1. The van der Waals surface area contributed by atoms with Crippen LogP contribution in [0.4, 0.5) is 0 Å². The van der Waals surface area contributed by atoms with Crippen LogP contribution in [-0.4, -0.2) is 5.78 Å². The monoisotopic (exact) mass is 150 g/mol. The van der Waals surface area contributed by atoms with E-state index in [2.05, 4.69) is 6.58 Å². The van der Waals surface area contributed by atoms with Crippen molar-refractivity contribution in [2.75, 3.05) is 0 Å². The van der Waals surface area contributed by atoms with Gasteiger partial charge in [0.15, 0.2) is 5.76 Å². The van der Waals surface area contributed by atoms with E-state index in [9.17, 15) is 4.79 Å². The zero-order valence-corrected chi connectivity index (χ0v) is 6.46. The maximum absolute atomic E-state index is 11.1. The van der Waals surface area contributed by atoms with Crippen molar-refractivity contribution in [2.24, 2.45) is 0 Å². The van der Waals surface area contributed by atoms with Crippen LogP contribution in [0.15, 0.2) is 29.2 Å². The van der Waals surface area contributed by atoms with Crippen LogP contribution in [0.1, 0.15) is 22.7 Å². The summed E-state index contributed by atoms with van der Waals surface area (Å²) in [5.74, 6) is 1.16. The van der Waals surface area contributed by atoms with E-state index >= 15 is 0 Å². The molecule has 0 aliphatic rings. The van der Waals surface area contributed by atoms with Crippen LogP contribution in [0, 0.1) is 6.92 Å².